The number of nitrogens with two attached hydrogens (primary N) is 1. The van der Waals surface area contributed by atoms with Crippen LogP contribution in [0.3, 0.4) is 0 Å². The zero-order valence-electron chi connectivity index (χ0n) is 7.85. The lowest BCUT2D eigenvalue weighted by molar-refractivity contribution is 0.113. The highest BCUT2D eigenvalue weighted by atomic mass is 32.2. The van der Waals surface area contributed by atoms with Crippen LogP contribution in [0.2, 0.25) is 0 Å². The molecule has 1 fully saturated rings. The summed E-state index contributed by atoms with van der Waals surface area (Å²) < 4.78 is 0. The Labute approximate surface area is 83.7 Å². The first-order chi connectivity index (χ1) is 6.22. The van der Waals surface area contributed by atoms with Crippen molar-refractivity contribution in [3.8, 4) is 0 Å². The van der Waals surface area contributed by atoms with Gasteiger partial charge < -0.3 is 15.9 Å². The molecule has 0 heterocycles. The Bertz CT molecular complexity index is 138. The van der Waals surface area contributed by atoms with Gasteiger partial charge in [0.1, 0.15) is 0 Å². The zero-order valence-corrected chi connectivity index (χ0v) is 8.67. The van der Waals surface area contributed by atoms with Crippen molar-refractivity contribution in [3.05, 3.63) is 0 Å². The van der Waals surface area contributed by atoms with Crippen LogP contribution >= 0.6 is 11.8 Å². The molecule has 1 rings (SSSR count). The van der Waals surface area contributed by atoms with Crippen LogP contribution in [-0.2, 0) is 0 Å². The molecule has 1 aliphatic carbocycles. The summed E-state index contributed by atoms with van der Waals surface area (Å²) in [5, 5.41) is 18.4. The molecule has 3 nitrogen and oxygen atoms in total. The minimum atomic E-state index is -0.555. The molecular weight excluding hydrogens is 186 g/mol. The van der Waals surface area contributed by atoms with E-state index in [1.807, 2.05) is 0 Å². The van der Waals surface area contributed by atoms with E-state index in [-0.39, 0.29) is 6.61 Å². The van der Waals surface area contributed by atoms with Gasteiger partial charge >= 0.3 is 0 Å². The standard InChI is InChI=1S/C9H19NO2S/c10-7-1-3-9(4-2-7)13-6-8(12)5-11/h7-9,11-12H,1-6,10H2. The predicted molar refractivity (Wildman–Crippen MR) is 55.8 cm³/mol. The van der Waals surface area contributed by atoms with E-state index in [9.17, 15) is 0 Å². The third-order valence-electron chi connectivity index (χ3n) is 2.45. The average molecular weight is 205 g/mol. The lowest BCUT2D eigenvalue weighted by Crippen LogP contribution is -2.28. The molecule has 0 aromatic carbocycles. The van der Waals surface area contributed by atoms with Crippen molar-refractivity contribution < 1.29 is 10.2 Å². The summed E-state index contributed by atoms with van der Waals surface area (Å²) in [6, 6.07) is 0.389. The van der Waals surface area contributed by atoms with E-state index < -0.39 is 6.10 Å². The van der Waals surface area contributed by atoms with Crippen LogP contribution in [0.15, 0.2) is 0 Å². The topological polar surface area (TPSA) is 66.5 Å². The molecule has 13 heavy (non-hydrogen) atoms. The molecule has 0 saturated heterocycles. The second kappa shape index (κ2) is 5.86. The quantitative estimate of drug-likeness (QED) is 0.619. The first kappa shape index (κ1) is 11.3. The smallest absolute Gasteiger partial charge is 0.0861 e. The number of thioether (sulfide) groups is 1. The van der Waals surface area contributed by atoms with Gasteiger partial charge in [0.25, 0.3) is 0 Å². The largest absolute Gasteiger partial charge is 0.394 e. The summed E-state index contributed by atoms with van der Waals surface area (Å²) in [7, 11) is 0. The Morgan fingerprint density at radius 1 is 1.31 bits per heavy atom. The Kier molecular flexibility index (Phi) is 5.09. The second-order valence-electron chi connectivity index (χ2n) is 3.71. The highest BCUT2D eigenvalue weighted by molar-refractivity contribution is 7.99. The second-order valence-corrected chi connectivity index (χ2v) is 5.04. The maximum absolute atomic E-state index is 9.15. The molecule has 1 atom stereocenters. The molecular formula is C9H19NO2S. The van der Waals surface area contributed by atoms with Gasteiger partial charge in [-0.15, -0.1) is 0 Å². The lowest BCUT2D eigenvalue weighted by Gasteiger charge is -2.26. The number of aliphatic hydroxyl groups excluding tert-OH is 2. The van der Waals surface area contributed by atoms with Crippen molar-refractivity contribution in [2.45, 2.75) is 43.1 Å². The van der Waals surface area contributed by atoms with Gasteiger partial charge in [-0.05, 0) is 25.7 Å². The Morgan fingerprint density at radius 2 is 1.92 bits per heavy atom. The van der Waals surface area contributed by atoms with Gasteiger partial charge in [0.15, 0.2) is 0 Å². The van der Waals surface area contributed by atoms with Gasteiger partial charge in [-0.2, -0.15) is 11.8 Å². The summed E-state index contributed by atoms with van der Waals surface area (Å²) in [5.41, 5.74) is 5.78. The van der Waals surface area contributed by atoms with Gasteiger partial charge in [-0.3, -0.25) is 0 Å². The van der Waals surface area contributed by atoms with Crippen LogP contribution in [-0.4, -0.2) is 40.0 Å². The number of rotatable bonds is 4. The first-order valence-corrected chi connectivity index (χ1v) is 5.93. The highest BCUT2D eigenvalue weighted by Gasteiger charge is 2.19. The summed E-state index contributed by atoms with van der Waals surface area (Å²) in [4.78, 5) is 0. The molecule has 4 heteroatoms. The fraction of sp³-hybridized carbons (Fsp3) is 1.00. The third kappa shape index (κ3) is 4.31. The van der Waals surface area contributed by atoms with Crippen molar-refractivity contribution in [1.82, 2.24) is 0 Å². The molecule has 1 saturated carbocycles. The van der Waals surface area contributed by atoms with Crippen molar-refractivity contribution in [2.24, 2.45) is 5.73 Å². The minimum Gasteiger partial charge on any atom is -0.394 e. The summed E-state index contributed by atoms with van der Waals surface area (Å²) in [5.74, 6) is 0.649. The summed E-state index contributed by atoms with van der Waals surface area (Å²) >= 11 is 1.77. The van der Waals surface area contributed by atoms with Crippen molar-refractivity contribution >= 4 is 11.8 Å². The van der Waals surface area contributed by atoms with Crippen LogP contribution in [0.1, 0.15) is 25.7 Å². The van der Waals surface area contributed by atoms with E-state index in [2.05, 4.69) is 0 Å². The molecule has 0 aromatic rings. The molecule has 1 unspecified atom stereocenters. The third-order valence-corrected chi connectivity index (χ3v) is 3.97. The molecule has 0 aliphatic heterocycles. The van der Waals surface area contributed by atoms with Crippen LogP contribution in [0, 0.1) is 0 Å². The molecule has 0 amide bonds. The number of hydrogen-bond donors (Lipinski definition) is 3. The first-order valence-electron chi connectivity index (χ1n) is 4.88. The maximum Gasteiger partial charge on any atom is 0.0861 e. The molecule has 4 N–H and O–H groups in total. The monoisotopic (exact) mass is 205 g/mol. The van der Waals surface area contributed by atoms with Crippen molar-refractivity contribution in [3.63, 3.8) is 0 Å². The van der Waals surface area contributed by atoms with Gasteiger partial charge in [0, 0.05) is 17.0 Å². The zero-order chi connectivity index (χ0) is 9.68. The van der Waals surface area contributed by atoms with Gasteiger partial charge in [0.2, 0.25) is 0 Å². The van der Waals surface area contributed by atoms with Crippen molar-refractivity contribution in [2.75, 3.05) is 12.4 Å². The number of hydrogen-bond acceptors (Lipinski definition) is 4. The van der Waals surface area contributed by atoms with Crippen molar-refractivity contribution in [1.29, 1.82) is 0 Å². The molecule has 0 radical (unpaired) electrons. The van der Waals surface area contributed by atoms with E-state index >= 15 is 0 Å². The molecule has 78 valence electrons. The summed E-state index contributed by atoms with van der Waals surface area (Å²) in [6.07, 6.45) is 3.97. The molecule has 0 spiro atoms. The molecule has 0 aromatic heterocycles. The SMILES string of the molecule is NC1CCC(SCC(O)CO)CC1. The lowest BCUT2D eigenvalue weighted by atomic mass is 9.96. The van der Waals surface area contributed by atoms with Gasteiger partial charge in [-0.25, -0.2) is 0 Å². The molecule has 1 aliphatic rings. The average Bonchev–Trinajstić information content (AvgIpc) is 2.16. The fourth-order valence-corrected chi connectivity index (χ4v) is 2.76. The van der Waals surface area contributed by atoms with E-state index in [1.165, 1.54) is 0 Å². The normalized spacial score (nSPS) is 31.6. The molecule has 0 bridgehead atoms. The van der Waals surface area contributed by atoms with Gasteiger partial charge in [-0.1, -0.05) is 0 Å². The van der Waals surface area contributed by atoms with Crippen LogP contribution in [0.5, 0.6) is 0 Å². The number of aliphatic hydroxyl groups is 2. The maximum atomic E-state index is 9.15. The highest BCUT2D eigenvalue weighted by Crippen LogP contribution is 2.27. The van der Waals surface area contributed by atoms with Crippen LogP contribution in [0.4, 0.5) is 0 Å². The van der Waals surface area contributed by atoms with E-state index in [0.29, 0.717) is 17.0 Å². The Morgan fingerprint density at radius 3 is 2.46 bits per heavy atom. The fourth-order valence-electron chi connectivity index (χ4n) is 1.56. The van der Waals surface area contributed by atoms with E-state index in [1.54, 1.807) is 11.8 Å². The van der Waals surface area contributed by atoms with E-state index in [4.69, 9.17) is 15.9 Å². The summed E-state index contributed by atoms with van der Waals surface area (Å²) in [6.45, 7) is -0.126. The predicted octanol–water partition coefficient (Wildman–Crippen LogP) is 0.343. The van der Waals surface area contributed by atoms with Gasteiger partial charge in [0.05, 0.1) is 12.7 Å². The van der Waals surface area contributed by atoms with Crippen LogP contribution < -0.4 is 5.73 Å². The minimum absolute atomic E-state index is 0.126. The van der Waals surface area contributed by atoms with Crippen LogP contribution in [0.25, 0.3) is 0 Å². The van der Waals surface area contributed by atoms with E-state index in [0.717, 1.165) is 25.7 Å². The Hall–Kier alpha value is 0.230. The Balaban J connectivity index is 2.08.